The van der Waals surface area contributed by atoms with Gasteiger partial charge >= 0.3 is 0 Å². The maximum atomic E-state index is 2.65. The second-order valence-corrected chi connectivity index (χ2v) is 24.0. The van der Waals surface area contributed by atoms with Gasteiger partial charge in [0.2, 0.25) is 0 Å². The lowest BCUT2D eigenvalue weighted by Crippen LogP contribution is -2.74. The van der Waals surface area contributed by atoms with Crippen LogP contribution in [0.25, 0.3) is 11.1 Å². The summed E-state index contributed by atoms with van der Waals surface area (Å²) in [5, 5.41) is 5.57. The molecule has 314 valence electrons. The third-order valence-corrected chi connectivity index (χ3v) is 21.5. The Labute approximate surface area is 381 Å². The predicted molar refractivity (Wildman–Crippen MR) is 271 cm³/mol. The van der Waals surface area contributed by atoms with Crippen LogP contribution in [-0.2, 0) is 10.8 Å². The third kappa shape index (κ3) is 5.81. The SMILES string of the molecule is CC1(C)c2ccc(N(c3ccccc3)c3ccc(-c4ccc([Si](c5ccccc5)(c5ccccc5)c5ccccc5)cc4)cc3)cc2C2[C@H]3C[C@H]4C[C@@H](C)C[C@H](C3)C24c2ccccc21. The van der Waals surface area contributed by atoms with E-state index in [4.69, 9.17) is 0 Å². The Bertz CT molecular complexity index is 2830. The fraction of sp³-hybridized carbons (Fsp3) is 0.226. The van der Waals surface area contributed by atoms with Gasteiger partial charge in [0.15, 0.2) is 8.07 Å². The molecule has 64 heavy (non-hydrogen) atoms. The van der Waals surface area contributed by atoms with Gasteiger partial charge in [-0.25, -0.2) is 0 Å². The molecule has 1 spiro atoms. The smallest absolute Gasteiger partial charge is 0.179 e. The number of hydrogen-bond donors (Lipinski definition) is 0. The van der Waals surface area contributed by atoms with Crippen LogP contribution in [0.2, 0.25) is 0 Å². The number of fused-ring (bicyclic) bond motifs is 2. The van der Waals surface area contributed by atoms with Gasteiger partial charge in [-0.2, -0.15) is 0 Å². The van der Waals surface area contributed by atoms with E-state index in [0.717, 1.165) is 23.7 Å². The van der Waals surface area contributed by atoms with Crippen molar-refractivity contribution in [3.63, 3.8) is 0 Å². The van der Waals surface area contributed by atoms with Crippen molar-refractivity contribution in [3.8, 4) is 11.1 Å². The van der Waals surface area contributed by atoms with Crippen molar-refractivity contribution < 1.29 is 0 Å². The van der Waals surface area contributed by atoms with Gasteiger partial charge in [0.25, 0.3) is 0 Å². The summed E-state index contributed by atoms with van der Waals surface area (Å²) in [6.45, 7) is 7.53. The molecule has 0 amide bonds. The van der Waals surface area contributed by atoms with Crippen molar-refractivity contribution in [1.29, 1.82) is 0 Å². The van der Waals surface area contributed by atoms with Crippen LogP contribution < -0.4 is 25.6 Å². The van der Waals surface area contributed by atoms with Crippen LogP contribution in [0.1, 0.15) is 74.6 Å². The van der Waals surface area contributed by atoms with Gasteiger partial charge in [-0.05, 0) is 146 Å². The van der Waals surface area contributed by atoms with Crippen LogP contribution in [0.4, 0.5) is 17.1 Å². The standard InChI is InChI=1S/C62H57NSi/c1-43-38-47-40-46-41-48(39-43)62(47)59-27-17-16-26-58(59)61(2,3)57-37-34-51(42-56(57)60(46)62)63(49-18-8-4-9-19-49)50-32-28-44(29-33-50)45-30-35-55(36-31-45)64(52-20-10-5-11-21-52,53-22-12-6-13-23-53)54-24-14-7-15-25-54/h4-37,42-43,46-48,60H,38-41H2,1-3H3/t43-,46+,47-,48-,60?,62?/m1/s1. The lowest BCUT2D eigenvalue weighted by atomic mass is 9.53. The summed E-state index contributed by atoms with van der Waals surface area (Å²) in [5.41, 5.74) is 12.6. The molecule has 1 unspecified atom stereocenters. The summed E-state index contributed by atoms with van der Waals surface area (Å²) in [5.74, 6) is 3.64. The van der Waals surface area contributed by atoms with E-state index in [2.05, 4.69) is 238 Å². The normalized spacial score (nSPS) is 23.6. The van der Waals surface area contributed by atoms with Crippen molar-refractivity contribution in [2.75, 3.05) is 4.90 Å². The highest BCUT2D eigenvalue weighted by Crippen LogP contribution is 2.75. The van der Waals surface area contributed by atoms with Crippen LogP contribution in [0.3, 0.4) is 0 Å². The minimum Gasteiger partial charge on any atom is -0.310 e. The zero-order valence-electron chi connectivity index (χ0n) is 37.4. The number of para-hydroxylation sites is 1. The minimum absolute atomic E-state index is 0.0796. The summed E-state index contributed by atoms with van der Waals surface area (Å²) in [6, 6.07) is 80.8. The van der Waals surface area contributed by atoms with Gasteiger partial charge in [0.05, 0.1) is 0 Å². The first-order valence-electron chi connectivity index (χ1n) is 23.9. The Balaban J connectivity index is 0.945. The predicted octanol–water partition coefficient (Wildman–Crippen LogP) is 12.9. The molecule has 0 aromatic heterocycles. The summed E-state index contributed by atoms with van der Waals surface area (Å²) >= 11 is 0. The molecule has 0 heterocycles. The largest absolute Gasteiger partial charge is 0.310 e. The molecule has 3 atom stereocenters. The topological polar surface area (TPSA) is 3.24 Å². The molecule has 8 aromatic rings. The number of nitrogens with zero attached hydrogens (tertiary/aromatic N) is 1. The molecule has 4 aliphatic carbocycles. The number of hydrogen-bond acceptors (Lipinski definition) is 1. The highest BCUT2D eigenvalue weighted by molar-refractivity contribution is 7.19. The van der Waals surface area contributed by atoms with Crippen LogP contribution in [0.15, 0.2) is 212 Å². The monoisotopic (exact) mass is 843 g/mol. The van der Waals surface area contributed by atoms with E-state index in [0.29, 0.717) is 5.92 Å². The molecule has 3 fully saturated rings. The van der Waals surface area contributed by atoms with E-state index in [9.17, 15) is 0 Å². The van der Waals surface area contributed by atoms with Gasteiger partial charge in [0.1, 0.15) is 0 Å². The van der Waals surface area contributed by atoms with Gasteiger partial charge in [-0.3, -0.25) is 0 Å². The van der Waals surface area contributed by atoms with Crippen molar-refractivity contribution in [1.82, 2.24) is 0 Å². The fourth-order valence-electron chi connectivity index (χ4n) is 14.4. The second-order valence-electron chi connectivity index (χ2n) is 20.2. The Morgan fingerprint density at radius 2 is 0.859 bits per heavy atom. The lowest BCUT2D eigenvalue weighted by molar-refractivity contribution is 0.0822. The average molecular weight is 844 g/mol. The number of benzene rings is 8. The number of rotatable bonds is 8. The van der Waals surface area contributed by atoms with E-state index < -0.39 is 8.07 Å². The maximum absolute atomic E-state index is 2.65. The van der Waals surface area contributed by atoms with Crippen molar-refractivity contribution in [3.05, 3.63) is 235 Å². The molecule has 2 heteroatoms. The van der Waals surface area contributed by atoms with Gasteiger partial charge < -0.3 is 4.90 Å². The molecule has 4 aliphatic rings. The Morgan fingerprint density at radius 1 is 0.422 bits per heavy atom. The van der Waals surface area contributed by atoms with Crippen molar-refractivity contribution >= 4 is 45.9 Å². The maximum Gasteiger partial charge on any atom is 0.179 e. The summed E-state index contributed by atoms with van der Waals surface area (Å²) in [4.78, 5) is 2.50. The minimum atomic E-state index is -2.59. The fourth-order valence-corrected chi connectivity index (χ4v) is 19.1. The van der Waals surface area contributed by atoms with Crippen molar-refractivity contribution in [2.45, 2.75) is 63.2 Å². The molecule has 0 N–H and O–H groups in total. The first kappa shape index (κ1) is 39.4. The van der Waals surface area contributed by atoms with E-state index in [-0.39, 0.29) is 10.8 Å². The second kappa shape index (κ2) is 15.2. The molecule has 0 saturated heterocycles. The summed E-state index contributed by atoms with van der Waals surface area (Å²) < 4.78 is 0. The Kier molecular flexibility index (Phi) is 9.36. The van der Waals surface area contributed by atoms with Gasteiger partial charge in [-0.15, -0.1) is 0 Å². The van der Waals surface area contributed by atoms with E-state index in [1.54, 1.807) is 16.7 Å². The molecule has 1 nitrogen and oxygen atoms in total. The summed E-state index contributed by atoms with van der Waals surface area (Å²) in [6.07, 6.45) is 5.49. The molecule has 0 aliphatic heterocycles. The molecule has 8 aromatic carbocycles. The van der Waals surface area contributed by atoms with Crippen LogP contribution in [0.5, 0.6) is 0 Å². The summed E-state index contributed by atoms with van der Waals surface area (Å²) in [7, 11) is -2.59. The zero-order chi connectivity index (χ0) is 43.0. The molecule has 0 radical (unpaired) electrons. The Hall–Kier alpha value is -6.22. The van der Waals surface area contributed by atoms with E-state index in [1.807, 2.05) is 0 Å². The molecular formula is C62H57NSi. The molecule has 3 saturated carbocycles. The van der Waals surface area contributed by atoms with Gasteiger partial charge in [0, 0.05) is 27.9 Å². The zero-order valence-corrected chi connectivity index (χ0v) is 38.4. The van der Waals surface area contributed by atoms with Crippen LogP contribution in [-0.4, -0.2) is 8.07 Å². The van der Waals surface area contributed by atoms with Crippen molar-refractivity contribution in [2.24, 2.45) is 23.7 Å². The Morgan fingerprint density at radius 3 is 1.41 bits per heavy atom. The number of anilines is 3. The average Bonchev–Trinajstić information content (AvgIpc) is 3.83. The van der Waals surface area contributed by atoms with Gasteiger partial charge in [-0.1, -0.05) is 197 Å². The molecule has 2 bridgehead atoms. The molecular weight excluding hydrogens is 787 g/mol. The van der Waals surface area contributed by atoms with Crippen LogP contribution >= 0.6 is 0 Å². The molecule has 12 rings (SSSR count). The van der Waals surface area contributed by atoms with Crippen LogP contribution in [0, 0.1) is 23.7 Å². The first-order chi connectivity index (χ1) is 31.4. The van der Waals surface area contributed by atoms with E-state index in [1.165, 1.54) is 80.2 Å². The highest BCUT2D eigenvalue weighted by Gasteiger charge is 2.68. The quantitative estimate of drug-likeness (QED) is 0.109. The van der Waals surface area contributed by atoms with E-state index >= 15 is 0 Å². The third-order valence-electron chi connectivity index (χ3n) is 16.7. The lowest BCUT2D eigenvalue weighted by Gasteiger charge is -2.50. The highest BCUT2D eigenvalue weighted by atomic mass is 28.3. The first-order valence-corrected chi connectivity index (χ1v) is 25.9.